The summed E-state index contributed by atoms with van der Waals surface area (Å²) < 4.78 is 5.49. The van der Waals surface area contributed by atoms with Crippen LogP contribution >= 0.6 is 0 Å². The number of rotatable bonds is 3. The average Bonchev–Trinajstić information content (AvgIpc) is 3.13. The van der Waals surface area contributed by atoms with Crippen LogP contribution in [0.25, 0.3) is 0 Å². The third-order valence-corrected chi connectivity index (χ3v) is 10.1. The quantitative estimate of drug-likeness (QED) is 0.585. The molecular formula is C26H41N3O3. The number of hydrogen-bond acceptors (Lipinski definition) is 6. The Labute approximate surface area is 192 Å². The summed E-state index contributed by atoms with van der Waals surface area (Å²) >= 11 is 0. The number of aliphatic imine (C=N–C) groups is 1. The van der Waals surface area contributed by atoms with Crippen LogP contribution in [0.1, 0.15) is 52.4 Å². The zero-order valence-corrected chi connectivity index (χ0v) is 20.0. The van der Waals surface area contributed by atoms with E-state index in [1.165, 1.54) is 5.57 Å². The molecule has 5 rings (SSSR count). The lowest BCUT2D eigenvalue weighted by Crippen LogP contribution is -2.56. The number of morpholine rings is 1. The number of allylic oxidation sites excluding steroid dienone is 2. The smallest absolute Gasteiger partial charge is 0.0805 e. The zero-order valence-electron chi connectivity index (χ0n) is 20.0. The van der Waals surface area contributed by atoms with E-state index < -0.39 is 12.2 Å². The minimum Gasteiger partial charge on any atom is -0.390 e. The van der Waals surface area contributed by atoms with Crippen molar-refractivity contribution in [2.45, 2.75) is 64.6 Å². The van der Waals surface area contributed by atoms with Crippen LogP contribution in [0, 0.1) is 39.9 Å². The molecule has 1 heterocycles. The fourth-order valence-electron chi connectivity index (χ4n) is 8.32. The van der Waals surface area contributed by atoms with Gasteiger partial charge in [0.2, 0.25) is 0 Å². The number of hydrogen-bond donors (Lipinski definition) is 3. The van der Waals surface area contributed by atoms with Crippen LogP contribution in [-0.2, 0) is 4.74 Å². The molecule has 4 fully saturated rings. The van der Waals surface area contributed by atoms with Crippen molar-refractivity contribution in [2.24, 2.45) is 39.5 Å². The molecule has 6 nitrogen and oxygen atoms in total. The summed E-state index contributed by atoms with van der Waals surface area (Å²) in [6, 6.07) is 0. The fraction of sp³-hybridized carbons (Fsp3) is 0.846. The predicted octanol–water partition coefficient (Wildman–Crippen LogP) is 2.93. The van der Waals surface area contributed by atoms with Crippen molar-refractivity contribution in [1.29, 1.82) is 5.41 Å². The van der Waals surface area contributed by atoms with E-state index >= 15 is 0 Å². The molecule has 178 valence electrons. The Bertz CT molecular complexity index is 819. The maximum Gasteiger partial charge on any atom is 0.0805 e. The molecule has 6 heteroatoms. The molecule has 3 N–H and O–H groups in total. The van der Waals surface area contributed by atoms with Crippen LogP contribution in [0.2, 0.25) is 0 Å². The SMILES string of the molecule is CN=C1C=C2C3CCC(C(=N)CN4CCOCC4)C3(C)CCC2C2(C)CC(O)C(O)CC12. The van der Waals surface area contributed by atoms with Gasteiger partial charge in [-0.05, 0) is 67.3 Å². The minimum absolute atomic E-state index is 0.0434. The predicted molar refractivity (Wildman–Crippen MR) is 126 cm³/mol. The number of nitrogens with one attached hydrogen (secondary N) is 1. The van der Waals surface area contributed by atoms with Crippen LogP contribution in [0.15, 0.2) is 16.6 Å². The van der Waals surface area contributed by atoms with Gasteiger partial charge in [-0.2, -0.15) is 0 Å². The average molecular weight is 444 g/mol. The van der Waals surface area contributed by atoms with Crippen molar-refractivity contribution in [3.63, 3.8) is 0 Å². The normalized spacial score (nSPS) is 48.0. The highest BCUT2D eigenvalue weighted by Crippen LogP contribution is 2.65. The molecule has 8 atom stereocenters. The van der Waals surface area contributed by atoms with Gasteiger partial charge in [0.25, 0.3) is 0 Å². The van der Waals surface area contributed by atoms with Gasteiger partial charge in [0.1, 0.15) is 0 Å². The lowest BCUT2D eigenvalue weighted by atomic mass is 9.47. The third-order valence-electron chi connectivity index (χ3n) is 10.1. The van der Waals surface area contributed by atoms with Crippen LogP contribution < -0.4 is 0 Å². The molecule has 0 spiro atoms. The van der Waals surface area contributed by atoms with Gasteiger partial charge in [-0.25, -0.2) is 0 Å². The van der Waals surface area contributed by atoms with Crippen LogP contribution in [-0.4, -0.2) is 78.6 Å². The third kappa shape index (κ3) is 3.44. The van der Waals surface area contributed by atoms with E-state index in [-0.39, 0.29) is 16.7 Å². The van der Waals surface area contributed by atoms with E-state index in [2.05, 4.69) is 29.8 Å². The topological polar surface area (TPSA) is 89.1 Å². The summed E-state index contributed by atoms with van der Waals surface area (Å²) in [5.74, 6) is 1.52. The highest BCUT2D eigenvalue weighted by Gasteiger charge is 2.60. The van der Waals surface area contributed by atoms with Crippen LogP contribution in [0.3, 0.4) is 0 Å². The molecule has 32 heavy (non-hydrogen) atoms. The highest BCUT2D eigenvalue weighted by atomic mass is 16.5. The summed E-state index contributed by atoms with van der Waals surface area (Å²) in [5.41, 5.74) is 3.65. The Morgan fingerprint density at radius 3 is 2.53 bits per heavy atom. The van der Waals surface area contributed by atoms with Crippen molar-refractivity contribution in [3.8, 4) is 0 Å². The largest absolute Gasteiger partial charge is 0.390 e. The molecule has 5 aliphatic rings. The van der Waals surface area contributed by atoms with Crippen molar-refractivity contribution in [1.82, 2.24) is 4.90 Å². The minimum atomic E-state index is -0.648. The van der Waals surface area contributed by atoms with Gasteiger partial charge in [-0.3, -0.25) is 9.89 Å². The molecule has 0 aromatic rings. The van der Waals surface area contributed by atoms with E-state index in [4.69, 9.17) is 10.1 Å². The zero-order chi connectivity index (χ0) is 22.7. The first-order valence-corrected chi connectivity index (χ1v) is 12.7. The molecule has 1 aliphatic heterocycles. The van der Waals surface area contributed by atoms with Crippen LogP contribution in [0.4, 0.5) is 0 Å². The molecular weight excluding hydrogens is 402 g/mol. The van der Waals surface area contributed by atoms with Gasteiger partial charge < -0.3 is 20.4 Å². The van der Waals surface area contributed by atoms with Gasteiger partial charge in [0, 0.05) is 49.9 Å². The molecule has 0 aromatic carbocycles. The molecule has 0 amide bonds. The van der Waals surface area contributed by atoms with Crippen molar-refractivity contribution in [3.05, 3.63) is 11.6 Å². The maximum atomic E-state index is 10.6. The van der Waals surface area contributed by atoms with Crippen LogP contribution in [0.5, 0.6) is 0 Å². The van der Waals surface area contributed by atoms with Gasteiger partial charge in [0.05, 0.1) is 25.4 Å². The van der Waals surface area contributed by atoms with Gasteiger partial charge in [-0.15, -0.1) is 0 Å². The number of nitrogens with zero attached hydrogens (tertiary/aromatic N) is 2. The van der Waals surface area contributed by atoms with E-state index in [0.717, 1.165) is 70.0 Å². The molecule has 0 bridgehead atoms. The maximum absolute atomic E-state index is 10.6. The van der Waals surface area contributed by atoms with Crippen molar-refractivity contribution >= 4 is 11.4 Å². The summed E-state index contributed by atoms with van der Waals surface area (Å²) in [6.07, 6.45) is 6.87. The second kappa shape index (κ2) is 8.30. The van der Waals surface area contributed by atoms with E-state index in [9.17, 15) is 10.2 Å². The number of ether oxygens (including phenoxy) is 1. The summed E-state index contributed by atoms with van der Waals surface area (Å²) in [5, 5.41) is 30.0. The van der Waals surface area contributed by atoms with Crippen molar-refractivity contribution in [2.75, 3.05) is 39.9 Å². The lowest BCUT2D eigenvalue weighted by Gasteiger charge is -2.58. The number of aliphatic hydroxyl groups is 2. The Morgan fingerprint density at radius 1 is 1.09 bits per heavy atom. The van der Waals surface area contributed by atoms with Crippen molar-refractivity contribution < 1.29 is 14.9 Å². The summed E-state index contributed by atoms with van der Waals surface area (Å²) in [6.45, 7) is 9.00. The standard InChI is InChI=1S/C26H41N3O3/c1-25-7-6-18-16(12-22(28-3)20-13-23(30)24(31)14-26(18,20)2)17(25)4-5-19(25)21(27)15-29-8-10-32-11-9-29/h12,17-20,23-24,27,30-31H,4-11,13-15H2,1-3H3. The summed E-state index contributed by atoms with van der Waals surface area (Å²) in [7, 11) is 1.88. The lowest BCUT2D eigenvalue weighted by molar-refractivity contribution is -0.0876. The molecule has 8 unspecified atom stereocenters. The first kappa shape index (κ1) is 22.7. The first-order valence-electron chi connectivity index (χ1n) is 12.7. The van der Waals surface area contributed by atoms with E-state index in [0.29, 0.717) is 30.6 Å². The van der Waals surface area contributed by atoms with Gasteiger partial charge in [0.15, 0.2) is 0 Å². The highest BCUT2D eigenvalue weighted by molar-refractivity contribution is 5.99. The second-order valence-corrected chi connectivity index (χ2v) is 11.6. The Hall–Kier alpha value is -1.08. The molecule has 0 radical (unpaired) electrons. The Balaban J connectivity index is 1.42. The Kier molecular flexibility index (Phi) is 5.89. The molecule has 0 aromatic heterocycles. The number of fused-ring (bicyclic) bond motifs is 5. The van der Waals surface area contributed by atoms with Gasteiger partial charge >= 0.3 is 0 Å². The first-order chi connectivity index (χ1) is 15.3. The summed E-state index contributed by atoms with van der Waals surface area (Å²) in [4.78, 5) is 7.07. The fourth-order valence-corrected chi connectivity index (χ4v) is 8.32. The van der Waals surface area contributed by atoms with Gasteiger partial charge in [-0.1, -0.05) is 19.4 Å². The monoisotopic (exact) mass is 443 g/mol. The number of aliphatic hydroxyl groups excluding tert-OH is 2. The van der Waals surface area contributed by atoms with E-state index in [1.807, 2.05) is 7.05 Å². The van der Waals surface area contributed by atoms with E-state index in [1.54, 1.807) is 0 Å². The molecule has 4 aliphatic carbocycles. The second-order valence-electron chi connectivity index (χ2n) is 11.6. The Morgan fingerprint density at radius 2 is 1.81 bits per heavy atom. The molecule has 3 saturated carbocycles. The molecule has 1 saturated heterocycles.